The number of carbonyl (C=O) groups excluding carboxylic acids is 1. The van der Waals surface area contributed by atoms with Gasteiger partial charge in [0.05, 0.1) is 12.9 Å². The number of morpholine rings is 1. The fourth-order valence-electron chi connectivity index (χ4n) is 2.20. The lowest BCUT2D eigenvalue weighted by molar-refractivity contribution is -0.828. The second-order valence-corrected chi connectivity index (χ2v) is 5.66. The Labute approximate surface area is 127 Å². The number of allylic oxidation sites excluding steroid dienone is 2. The van der Waals surface area contributed by atoms with E-state index in [2.05, 4.69) is 12.6 Å². The summed E-state index contributed by atoms with van der Waals surface area (Å²) in [5.41, 5.74) is 0. The van der Waals surface area contributed by atoms with Gasteiger partial charge >= 0.3 is 5.91 Å². The second-order valence-electron chi connectivity index (χ2n) is 4.55. The van der Waals surface area contributed by atoms with Gasteiger partial charge in [-0.3, -0.25) is 0 Å². The number of carbonyl (C=O) groups is 1. The first-order chi connectivity index (χ1) is 9.52. The molecule has 20 heavy (non-hydrogen) atoms. The SMILES string of the molecule is O=C(C1=CCC=CO1)[N+]1(C(=S)S)CC(CO)OCC1O. The molecule has 2 aliphatic rings. The molecule has 2 aliphatic heterocycles. The molecule has 1 fully saturated rings. The Morgan fingerprint density at radius 3 is 2.90 bits per heavy atom. The molecule has 0 radical (unpaired) electrons. The monoisotopic (exact) mass is 318 g/mol. The van der Waals surface area contributed by atoms with Crippen molar-refractivity contribution in [1.29, 1.82) is 0 Å². The van der Waals surface area contributed by atoms with Crippen LogP contribution in [-0.2, 0) is 14.3 Å². The predicted molar refractivity (Wildman–Crippen MR) is 77.5 cm³/mol. The minimum Gasteiger partial charge on any atom is -0.456 e. The van der Waals surface area contributed by atoms with Crippen molar-refractivity contribution >= 4 is 35.1 Å². The number of amides is 1. The van der Waals surface area contributed by atoms with E-state index >= 15 is 0 Å². The number of aliphatic hydroxyl groups excluding tert-OH is 2. The fourth-order valence-corrected chi connectivity index (χ4v) is 2.79. The summed E-state index contributed by atoms with van der Waals surface area (Å²) in [5.74, 6) is -0.370. The van der Waals surface area contributed by atoms with E-state index in [9.17, 15) is 15.0 Å². The first kappa shape index (κ1) is 15.6. The zero-order valence-electron chi connectivity index (χ0n) is 10.6. The predicted octanol–water partition coefficient (Wildman–Crippen LogP) is 0.0719. The van der Waals surface area contributed by atoms with E-state index in [4.69, 9.17) is 21.7 Å². The van der Waals surface area contributed by atoms with E-state index in [-0.39, 0.29) is 29.8 Å². The topological polar surface area (TPSA) is 76.0 Å². The van der Waals surface area contributed by atoms with E-state index in [0.717, 1.165) is 0 Å². The van der Waals surface area contributed by atoms with E-state index in [1.54, 1.807) is 12.2 Å². The highest BCUT2D eigenvalue weighted by molar-refractivity contribution is 8.10. The van der Waals surface area contributed by atoms with Gasteiger partial charge in [-0.05, 0) is 30.8 Å². The highest BCUT2D eigenvalue weighted by Gasteiger charge is 2.53. The van der Waals surface area contributed by atoms with Gasteiger partial charge in [0.2, 0.25) is 16.3 Å². The molecule has 1 saturated heterocycles. The van der Waals surface area contributed by atoms with Crippen LogP contribution in [0.2, 0.25) is 0 Å². The average Bonchev–Trinajstić information content (AvgIpc) is 2.48. The molecule has 2 N–H and O–H groups in total. The van der Waals surface area contributed by atoms with Crippen LogP contribution in [0.4, 0.5) is 0 Å². The smallest absolute Gasteiger partial charge is 0.389 e. The zero-order chi connectivity index (χ0) is 14.8. The number of hydrogen-bond acceptors (Lipinski definition) is 6. The molecule has 8 heteroatoms. The fraction of sp³-hybridized carbons (Fsp3) is 0.500. The standard InChI is InChI=1S/C12H15NO5S2/c14-6-8-5-13(12(19)20,10(15)7-18-8)11(16)9-3-1-2-4-17-9/h2-4,8,10,14-15H,1,5-7H2/p+1. The van der Waals surface area contributed by atoms with Gasteiger partial charge in [-0.25, -0.2) is 4.79 Å². The maximum absolute atomic E-state index is 12.7. The van der Waals surface area contributed by atoms with Crippen LogP contribution in [-0.4, -0.2) is 57.0 Å². The molecule has 2 heterocycles. The number of ether oxygens (including phenoxy) is 2. The molecule has 0 bridgehead atoms. The van der Waals surface area contributed by atoms with E-state index in [0.29, 0.717) is 6.42 Å². The molecule has 0 spiro atoms. The van der Waals surface area contributed by atoms with E-state index in [1.807, 2.05) is 0 Å². The Bertz CT molecular complexity index is 478. The normalized spacial score (nSPS) is 33.2. The van der Waals surface area contributed by atoms with Crippen LogP contribution >= 0.6 is 24.8 Å². The number of quaternary nitrogens is 1. The van der Waals surface area contributed by atoms with Crippen LogP contribution in [0, 0.1) is 0 Å². The Hall–Kier alpha value is -0.770. The quantitative estimate of drug-likeness (QED) is 0.380. The van der Waals surface area contributed by atoms with Gasteiger partial charge < -0.3 is 19.7 Å². The Morgan fingerprint density at radius 2 is 2.35 bits per heavy atom. The van der Waals surface area contributed by atoms with Crippen LogP contribution in [0.1, 0.15) is 6.42 Å². The Kier molecular flexibility index (Phi) is 4.95. The minimum atomic E-state index is -1.18. The van der Waals surface area contributed by atoms with Gasteiger partial charge in [0.25, 0.3) is 0 Å². The van der Waals surface area contributed by atoms with Crippen LogP contribution in [0.5, 0.6) is 0 Å². The van der Waals surface area contributed by atoms with Crippen LogP contribution in [0.3, 0.4) is 0 Å². The summed E-state index contributed by atoms with van der Waals surface area (Å²) in [5, 5.41) is 19.4. The van der Waals surface area contributed by atoms with Crippen molar-refractivity contribution in [1.82, 2.24) is 0 Å². The average molecular weight is 318 g/mol. The summed E-state index contributed by atoms with van der Waals surface area (Å²) in [7, 11) is 0. The van der Waals surface area contributed by atoms with Gasteiger partial charge in [0.15, 0.2) is 0 Å². The summed E-state index contributed by atoms with van der Waals surface area (Å²) in [6, 6.07) is 0. The summed E-state index contributed by atoms with van der Waals surface area (Å²) in [6.45, 7) is -0.361. The molecule has 3 unspecified atom stereocenters. The lowest BCUT2D eigenvalue weighted by atomic mass is 10.2. The third-order valence-electron chi connectivity index (χ3n) is 3.33. The molecule has 1 amide bonds. The van der Waals surface area contributed by atoms with E-state index in [1.165, 1.54) is 6.26 Å². The van der Waals surface area contributed by atoms with Crippen molar-refractivity contribution in [2.24, 2.45) is 0 Å². The van der Waals surface area contributed by atoms with Crippen LogP contribution < -0.4 is 0 Å². The zero-order valence-corrected chi connectivity index (χ0v) is 12.3. The van der Waals surface area contributed by atoms with Gasteiger partial charge in [-0.1, -0.05) is 12.6 Å². The van der Waals surface area contributed by atoms with Crippen molar-refractivity contribution < 1.29 is 29.0 Å². The molecule has 3 atom stereocenters. The summed E-state index contributed by atoms with van der Waals surface area (Å²) in [4.78, 5) is 12.7. The molecule has 0 aromatic carbocycles. The van der Waals surface area contributed by atoms with Gasteiger partial charge in [0.1, 0.15) is 19.3 Å². The molecular formula is C12H16NO5S2+. The van der Waals surface area contributed by atoms with Crippen molar-refractivity contribution in [2.75, 3.05) is 19.8 Å². The molecule has 6 nitrogen and oxygen atoms in total. The number of hydrogen-bond donors (Lipinski definition) is 3. The van der Waals surface area contributed by atoms with Crippen LogP contribution in [0.15, 0.2) is 24.2 Å². The Balaban J connectivity index is 2.35. The summed E-state index contributed by atoms with van der Waals surface area (Å²) < 4.78 is 9.88. The first-order valence-electron chi connectivity index (χ1n) is 6.11. The Morgan fingerprint density at radius 1 is 1.60 bits per heavy atom. The molecule has 0 saturated carbocycles. The van der Waals surface area contributed by atoms with E-state index < -0.39 is 22.7 Å². The second kappa shape index (κ2) is 6.33. The summed E-state index contributed by atoms with van der Waals surface area (Å²) in [6.07, 6.45) is 3.59. The van der Waals surface area contributed by atoms with Gasteiger partial charge in [-0.15, -0.1) is 0 Å². The third-order valence-corrected chi connectivity index (χ3v) is 4.01. The number of nitrogens with zero attached hydrogens (tertiary/aromatic N) is 1. The number of thiocarbonyl (C=S) groups is 1. The number of thiol groups is 1. The van der Waals surface area contributed by atoms with Crippen molar-refractivity contribution in [3.8, 4) is 0 Å². The highest BCUT2D eigenvalue weighted by Crippen LogP contribution is 2.28. The van der Waals surface area contributed by atoms with Crippen molar-refractivity contribution in [3.63, 3.8) is 0 Å². The lowest BCUT2D eigenvalue weighted by Gasteiger charge is -2.42. The molecule has 2 rings (SSSR count). The summed E-state index contributed by atoms with van der Waals surface area (Å²) >= 11 is 9.18. The third kappa shape index (κ3) is 2.67. The molecule has 0 aromatic heterocycles. The minimum absolute atomic E-state index is 0.0169. The maximum Gasteiger partial charge on any atom is 0.389 e. The molecule has 0 aliphatic carbocycles. The highest BCUT2D eigenvalue weighted by atomic mass is 32.1. The van der Waals surface area contributed by atoms with Crippen molar-refractivity contribution in [3.05, 3.63) is 24.2 Å². The molecular weight excluding hydrogens is 302 g/mol. The van der Waals surface area contributed by atoms with Gasteiger partial charge in [-0.2, -0.15) is 4.48 Å². The first-order valence-corrected chi connectivity index (χ1v) is 6.96. The molecule has 0 aromatic rings. The van der Waals surface area contributed by atoms with Gasteiger partial charge in [0, 0.05) is 0 Å². The number of rotatable bonds is 2. The lowest BCUT2D eigenvalue weighted by Crippen LogP contribution is -2.69. The van der Waals surface area contributed by atoms with Crippen molar-refractivity contribution in [2.45, 2.75) is 18.8 Å². The largest absolute Gasteiger partial charge is 0.456 e. The molecule has 110 valence electrons. The maximum atomic E-state index is 12.7. The van der Waals surface area contributed by atoms with Crippen LogP contribution in [0.25, 0.3) is 0 Å². The number of aliphatic hydroxyl groups is 2.